The molecule has 17 nitrogen and oxygen atoms in total. The molecule has 0 heterocycles. The molecule has 5 atom stereocenters. The number of carbonyl (C=O) groups is 4. The van der Waals surface area contributed by atoms with Crippen molar-refractivity contribution in [1.82, 2.24) is 0 Å². The number of aliphatic hydroxyl groups excluding tert-OH is 1. The van der Waals surface area contributed by atoms with E-state index < -0.39 is 97.5 Å². The summed E-state index contributed by atoms with van der Waals surface area (Å²) in [6.45, 7) is 14.2. The van der Waals surface area contributed by atoms with Crippen LogP contribution in [0.1, 0.15) is 383 Å². The molecule has 0 saturated carbocycles. The number of ether oxygens (including phenoxy) is 4. The lowest BCUT2D eigenvalue weighted by Gasteiger charge is -2.21. The zero-order valence-electron chi connectivity index (χ0n) is 62.3. The Morgan fingerprint density at radius 3 is 0.653 bits per heavy atom. The Kier molecular flexibility index (Phi) is 64.0. The van der Waals surface area contributed by atoms with Crippen LogP contribution in [0, 0.1) is 23.7 Å². The van der Waals surface area contributed by atoms with Crippen LogP contribution in [-0.2, 0) is 65.4 Å². The van der Waals surface area contributed by atoms with Crippen molar-refractivity contribution < 1.29 is 80.2 Å². The summed E-state index contributed by atoms with van der Waals surface area (Å²) in [4.78, 5) is 72.8. The molecule has 564 valence electrons. The lowest BCUT2D eigenvalue weighted by atomic mass is 10.0. The molecular formula is C76H148O17P2. The van der Waals surface area contributed by atoms with Gasteiger partial charge < -0.3 is 33.8 Å². The molecule has 0 rings (SSSR count). The number of aliphatic hydroxyl groups is 1. The number of unbranched alkanes of at least 4 members (excludes halogenated alkanes) is 39. The zero-order valence-corrected chi connectivity index (χ0v) is 64.1. The maximum atomic E-state index is 13.1. The average molecular weight is 1400 g/mol. The molecule has 0 aromatic heterocycles. The van der Waals surface area contributed by atoms with Gasteiger partial charge in [-0.3, -0.25) is 37.3 Å². The fourth-order valence-electron chi connectivity index (χ4n) is 11.6. The Morgan fingerprint density at radius 2 is 0.442 bits per heavy atom. The maximum Gasteiger partial charge on any atom is 0.472 e. The molecule has 0 aromatic rings. The second-order valence-electron chi connectivity index (χ2n) is 29.3. The highest BCUT2D eigenvalue weighted by Crippen LogP contribution is 2.45. The molecule has 0 aliphatic rings. The zero-order chi connectivity index (χ0) is 70.3. The second-order valence-corrected chi connectivity index (χ2v) is 32.2. The highest BCUT2D eigenvalue weighted by molar-refractivity contribution is 7.47. The summed E-state index contributed by atoms with van der Waals surface area (Å²) in [5.74, 6) is 0.902. The summed E-state index contributed by atoms with van der Waals surface area (Å²) < 4.78 is 68.5. The summed E-state index contributed by atoms with van der Waals surface area (Å²) in [7, 11) is -9.91. The van der Waals surface area contributed by atoms with Crippen molar-refractivity contribution >= 4 is 39.5 Å². The fraction of sp³-hybridized carbons (Fsp3) is 0.947. The van der Waals surface area contributed by atoms with Crippen molar-refractivity contribution in [2.75, 3.05) is 39.6 Å². The van der Waals surface area contributed by atoms with Gasteiger partial charge in [0.2, 0.25) is 0 Å². The van der Waals surface area contributed by atoms with Gasteiger partial charge in [-0.1, -0.05) is 331 Å². The molecule has 0 aliphatic heterocycles. The first-order valence-electron chi connectivity index (χ1n) is 39.2. The van der Waals surface area contributed by atoms with Crippen molar-refractivity contribution in [3.63, 3.8) is 0 Å². The molecule has 19 heteroatoms. The van der Waals surface area contributed by atoms with Crippen molar-refractivity contribution in [3.05, 3.63) is 0 Å². The van der Waals surface area contributed by atoms with E-state index in [4.69, 9.17) is 37.0 Å². The van der Waals surface area contributed by atoms with E-state index in [0.717, 1.165) is 114 Å². The number of phosphoric ester groups is 2. The second kappa shape index (κ2) is 65.4. The first-order valence-corrected chi connectivity index (χ1v) is 42.2. The molecule has 0 saturated heterocycles. The summed E-state index contributed by atoms with van der Waals surface area (Å²) in [6.07, 6.45) is 50.1. The standard InChI is InChI=1S/C76H148O17P2/c1-66(2)52-44-36-28-21-16-13-11-9-10-12-14-18-24-33-42-50-58-75(80)92-71(62-86-73(78)56-48-40-32-26-20-23-30-38-46-54-68(5)6)64-90-94(82,83)88-60-70(77)61-89-95(84,85)91-65-72(63-87-74(79)57-49-41-35-27-31-39-47-55-69(7)8)93-76(81)59-51-43-34-25-19-15-17-22-29-37-45-53-67(3)4/h66-72,77H,9-65H2,1-8H3,(H,82,83)(H,84,85)/t70?,71-,72-/m1/s1. The predicted molar refractivity (Wildman–Crippen MR) is 386 cm³/mol. The van der Waals surface area contributed by atoms with Crippen LogP contribution in [-0.4, -0.2) is 96.7 Å². The van der Waals surface area contributed by atoms with Crippen LogP contribution >= 0.6 is 15.6 Å². The number of esters is 4. The third-order valence-corrected chi connectivity index (χ3v) is 19.5. The van der Waals surface area contributed by atoms with Gasteiger partial charge >= 0.3 is 39.5 Å². The third kappa shape index (κ3) is 70.3. The molecule has 0 fully saturated rings. The minimum absolute atomic E-state index is 0.105. The predicted octanol–water partition coefficient (Wildman–Crippen LogP) is 22.0. The Balaban J connectivity index is 5.23. The topological polar surface area (TPSA) is 237 Å². The summed E-state index contributed by atoms with van der Waals surface area (Å²) in [6, 6.07) is 0. The first-order chi connectivity index (χ1) is 45.6. The fourth-order valence-corrected chi connectivity index (χ4v) is 13.1. The van der Waals surface area contributed by atoms with Crippen molar-refractivity contribution in [2.24, 2.45) is 23.7 Å². The number of rotatable bonds is 73. The lowest BCUT2D eigenvalue weighted by Crippen LogP contribution is -2.30. The minimum atomic E-state index is -4.96. The van der Waals surface area contributed by atoms with Crippen LogP contribution in [0.4, 0.5) is 0 Å². The van der Waals surface area contributed by atoms with Gasteiger partial charge in [0, 0.05) is 25.7 Å². The van der Waals surface area contributed by atoms with Crippen LogP contribution in [0.15, 0.2) is 0 Å². The van der Waals surface area contributed by atoms with Gasteiger partial charge in [0.15, 0.2) is 12.2 Å². The largest absolute Gasteiger partial charge is 0.472 e. The van der Waals surface area contributed by atoms with E-state index in [1.807, 2.05) is 0 Å². The van der Waals surface area contributed by atoms with Crippen LogP contribution in [0.5, 0.6) is 0 Å². The molecule has 0 aliphatic carbocycles. The molecule has 3 unspecified atom stereocenters. The van der Waals surface area contributed by atoms with Gasteiger partial charge in [0.05, 0.1) is 26.4 Å². The van der Waals surface area contributed by atoms with Gasteiger partial charge in [-0.25, -0.2) is 9.13 Å². The van der Waals surface area contributed by atoms with Crippen molar-refractivity contribution in [3.8, 4) is 0 Å². The first kappa shape index (κ1) is 93.1. The van der Waals surface area contributed by atoms with E-state index in [-0.39, 0.29) is 25.7 Å². The Bertz CT molecular complexity index is 1870. The van der Waals surface area contributed by atoms with E-state index in [0.29, 0.717) is 31.6 Å². The summed E-state index contributed by atoms with van der Waals surface area (Å²) >= 11 is 0. The average Bonchev–Trinajstić information content (AvgIpc) is 2.47. The van der Waals surface area contributed by atoms with E-state index in [1.54, 1.807) is 0 Å². The molecule has 0 radical (unpaired) electrons. The number of phosphoric acid groups is 2. The highest BCUT2D eigenvalue weighted by atomic mass is 31.2. The maximum absolute atomic E-state index is 13.1. The molecular weight excluding hydrogens is 1250 g/mol. The summed E-state index contributed by atoms with van der Waals surface area (Å²) in [5.41, 5.74) is 0. The minimum Gasteiger partial charge on any atom is -0.462 e. The van der Waals surface area contributed by atoms with Crippen LogP contribution in [0.3, 0.4) is 0 Å². The SMILES string of the molecule is CC(C)CCCCCCCCCCCCCCCCCCC(=O)O[C@H](COC(=O)CCCCCCCCCCCC(C)C)COP(=O)(O)OCC(O)COP(=O)(O)OC[C@@H](COC(=O)CCCCCCCCCC(C)C)OC(=O)CCCCCCCCCCCCCC(C)C. The van der Waals surface area contributed by atoms with Gasteiger partial charge in [-0.15, -0.1) is 0 Å². The molecule has 95 heavy (non-hydrogen) atoms. The van der Waals surface area contributed by atoms with E-state index in [9.17, 15) is 43.2 Å². The van der Waals surface area contributed by atoms with E-state index in [2.05, 4.69) is 55.4 Å². The Morgan fingerprint density at radius 1 is 0.263 bits per heavy atom. The van der Waals surface area contributed by atoms with Gasteiger partial charge in [-0.2, -0.15) is 0 Å². The van der Waals surface area contributed by atoms with E-state index >= 15 is 0 Å². The number of hydrogen-bond donors (Lipinski definition) is 3. The van der Waals surface area contributed by atoms with Gasteiger partial charge in [-0.05, 0) is 49.4 Å². The van der Waals surface area contributed by atoms with Crippen molar-refractivity contribution in [1.29, 1.82) is 0 Å². The van der Waals surface area contributed by atoms with E-state index in [1.165, 1.54) is 180 Å². The van der Waals surface area contributed by atoms with Crippen LogP contribution in [0.2, 0.25) is 0 Å². The highest BCUT2D eigenvalue weighted by Gasteiger charge is 2.30. The normalized spacial score (nSPS) is 14.1. The molecule has 3 N–H and O–H groups in total. The van der Waals surface area contributed by atoms with Gasteiger partial charge in [0.1, 0.15) is 19.3 Å². The van der Waals surface area contributed by atoms with Crippen LogP contribution in [0.25, 0.3) is 0 Å². The Labute approximate surface area is 581 Å². The third-order valence-electron chi connectivity index (χ3n) is 17.6. The smallest absolute Gasteiger partial charge is 0.462 e. The van der Waals surface area contributed by atoms with Gasteiger partial charge in [0.25, 0.3) is 0 Å². The molecule has 0 amide bonds. The molecule has 0 aromatic carbocycles. The number of carbonyl (C=O) groups excluding carboxylic acids is 4. The quantitative estimate of drug-likeness (QED) is 0.0222. The molecule has 0 bridgehead atoms. The summed E-state index contributed by atoms with van der Waals surface area (Å²) in [5, 5.41) is 10.6. The van der Waals surface area contributed by atoms with Crippen LogP contribution < -0.4 is 0 Å². The lowest BCUT2D eigenvalue weighted by molar-refractivity contribution is -0.161. The monoisotopic (exact) mass is 1400 g/mol. The number of hydrogen-bond acceptors (Lipinski definition) is 15. The van der Waals surface area contributed by atoms with Crippen molar-refractivity contribution in [2.45, 2.75) is 401 Å². The molecule has 0 spiro atoms. The Hall–Kier alpha value is -1.94.